The van der Waals surface area contributed by atoms with Crippen LogP contribution in [0.4, 0.5) is 4.39 Å². The molecule has 0 unspecified atom stereocenters. The van der Waals surface area contributed by atoms with Crippen molar-refractivity contribution in [2.75, 3.05) is 0 Å². The average Bonchev–Trinajstić information content (AvgIpc) is 2.68. The van der Waals surface area contributed by atoms with Gasteiger partial charge in [0.25, 0.3) is 0 Å². The summed E-state index contributed by atoms with van der Waals surface area (Å²) in [6, 6.07) is 3.75. The standard InChI is InChI=1S/C13H15FO3/c1-13(6-2-3-7-13)17-11-5-4-9(12(15)16)8-10(11)14/h4-5,8H,2-3,6-7H2,1H3,(H,15,16). The van der Waals surface area contributed by atoms with Crippen LogP contribution < -0.4 is 4.74 Å². The summed E-state index contributed by atoms with van der Waals surface area (Å²) in [6.45, 7) is 1.96. The van der Waals surface area contributed by atoms with Crippen molar-refractivity contribution in [3.05, 3.63) is 29.6 Å². The Morgan fingerprint density at radius 3 is 2.59 bits per heavy atom. The number of carboxylic acid groups (broad SMARTS) is 1. The molecule has 0 radical (unpaired) electrons. The van der Waals surface area contributed by atoms with Crippen LogP contribution in [0.2, 0.25) is 0 Å². The van der Waals surface area contributed by atoms with Crippen molar-refractivity contribution in [3.8, 4) is 5.75 Å². The van der Waals surface area contributed by atoms with E-state index in [1.54, 1.807) is 0 Å². The van der Waals surface area contributed by atoms with Crippen LogP contribution in [-0.4, -0.2) is 16.7 Å². The Labute approximate surface area is 99.2 Å². The number of carbonyl (C=O) groups is 1. The smallest absolute Gasteiger partial charge is 0.335 e. The largest absolute Gasteiger partial charge is 0.485 e. The first-order chi connectivity index (χ1) is 8.00. The van der Waals surface area contributed by atoms with Gasteiger partial charge in [0.05, 0.1) is 5.56 Å². The number of benzene rings is 1. The molecule has 1 aromatic rings. The molecule has 3 nitrogen and oxygen atoms in total. The van der Waals surface area contributed by atoms with Gasteiger partial charge in [0.15, 0.2) is 11.6 Å². The fourth-order valence-electron chi connectivity index (χ4n) is 2.21. The van der Waals surface area contributed by atoms with Gasteiger partial charge < -0.3 is 9.84 Å². The first-order valence-corrected chi connectivity index (χ1v) is 5.72. The minimum absolute atomic E-state index is 0.0635. The second-order valence-electron chi connectivity index (χ2n) is 4.71. The fraction of sp³-hybridized carbons (Fsp3) is 0.462. The summed E-state index contributed by atoms with van der Waals surface area (Å²) in [7, 11) is 0. The monoisotopic (exact) mass is 238 g/mol. The Balaban J connectivity index is 2.19. The van der Waals surface area contributed by atoms with Crippen LogP contribution in [0, 0.1) is 5.82 Å². The molecule has 0 spiro atoms. The van der Waals surface area contributed by atoms with Gasteiger partial charge in [-0.15, -0.1) is 0 Å². The molecule has 0 aromatic heterocycles. The molecule has 2 rings (SSSR count). The van der Waals surface area contributed by atoms with Crippen LogP contribution >= 0.6 is 0 Å². The highest BCUT2D eigenvalue weighted by molar-refractivity contribution is 5.87. The van der Waals surface area contributed by atoms with Crippen LogP contribution in [0.5, 0.6) is 5.75 Å². The van der Waals surface area contributed by atoms with Crippen molar-refractivity contribution >= 4 is 5.97 Å². The highest BCUT2D eigenvalue weighted by Gasteiger charge is 2.31. The Kier molecular flexibility index (Phi) is 3.05. The number of hydrogen-bond acceptors (Lipinski definition) is 2. The maximum Gasteiger partial charge on any atom is 0.335 e. The number of hydrogen-bond donors (Lipinski definition) is 1. The molecular formula is C13H15FO3. The summed E-state index contributed by atoms with van der Waals surface area (Å²) in [5.41, 5.74) is -0.377. The second kappa shape index (κ2) is 4.35. The normalized spacial score (nSPS) is 18.0. The van der Waals surface area contributed by atoms with Gasteiger partial charge in [0.2, 0.25) is 0 Å². The third-order valence-corrected chi connectivity index (χ3v) is 3.20. The van der Waals surface area contributed by atoms with Gasteiger partial charge in [-0.2, -0.15) is 0 Å². The van der Waals surface area contributed by atoms with Gasteiger partial charge >= 0.3 is 5.97 Å². The molecule has 1 saturated carbocycles. The Morgan fingerprint density at radius 1 is 1.41 bits per heavy atom. The van der Waals surface area contributed by atoms with Gasteiger partial charge in [-0.25, -0.2) is 9.18 Å². The van der Waals surface area contributed by atoms with Crippen molar-refractivity contribution in [2.24, 2.45) is 0 Å². The average molecular weight is 238 g/mol. The third kappa shape index (κ3) is 2.57. The molecule has 0 amide bonds. The minimum Gasteiger partial charge on any atom is -0.485 e. The van der Waals surface area contributed by atoms with E-state index in [4.69, 9.17) is 9.84 Å². The summed E-state index contributed by atoms with van der Waals surface area (Å²) in [5.74, 6) is -1.61. The maximum atomic E-state index is 13.6. The molecule has 1 aliphatic rings. The number of rotatable bonds is 3. The summed E-state index contributed by atoms with van der Waals surface area (Å²) >= 11 is 0. The molecule has 1 aromatic carbocycles. The third-order valence-electron chi connectivity index (χ3n) is 3.20. The number of halogens is 1. The lowest BCUT2D eigenvalue weighted by Gasteiger charge is -2.25. The predicted octanol–water partition coefficient (Wildman–Crippen LogP) is 3.24. The van der Waals surface area contributed by atoms with E-state index in [1.165, 1.54) is 12.1 Å². The molecule has 1 N–H and O–H groups in total. The van der Waals surface area contributed by atoms with Gasteiger partial charge in [0.1, 0.15) is 5.60 Å². The van der Waals surface area contributed by atoms with Crippen molar-refractivity contribution in [3.63, 3.8) is 0 Å². The molecule has 0 saturated heterocycles. The molecule has 0 heterocycles. The van der Waals surface area contributed by atoms with E-state index in [0.717, 1.165) is 31.7 Å². The SMILES string of the molecule is CC1(Oc2ccc(C(=O)O)cc2F)CCCC1. The first-order valence-electron chi connectivity index (χ1n) is 5.72. The minimum atomic E-state index is -1.14. The van der Waals surface area contributed by atoms with E-state index in [2.05, 4.69) is 0 Å². The lowest BCUT2D eigenvalue weighted by atomic mass is 10.1. The van der Waals surface area contributed by atoms with Crippen LogP contribution in [0.1, 0.15) is 43.0 Å². The topological polar surface area (TPSA) is 46.5 Å². The predicted molar refractivity (Wildman–Crippen MR) is 60.9 cm³/mol. The molecule has 0 bridgehead atoms. The van der Waals surface area contributed by atoms with E-state index in [1.807, 2.05) is 6.92 Å². The molecule has 92 valence electrons. The van der Waals surface area contributed by atoms with E-state index < -0.39 is 11.8 Å². The number of carboxylic acids is 1. The molecule has 0 atom stereocenters. The zero-order chi connectivity index (χ0) is 12.5. The summed E-state index contributed by atoms with van der Waals surface area (Å²) < 4.78 is 19.3. The fourth-order valence-corrected chi connectivity index (χ4v) is 2.21. The Hall–Kier alpha value is -1.58. The summed E-state index contributed by atoms with van der Waals surface area (Å²) in [4.78, 5) is 10.7. The van der Waals surface area contributed by atoms with Crippen LogP contribution in [0.25, 0.3) is 0 Å². The Morgan fingerprint density at radius 2 is 2.06 bits per heavy atom. The van der Waals surface area contributed by atoms with E-state index in [-0.39, 0.29) is 16.9 Å². The van der Waals surface area contributed by atoms with Crippen molar-refractivity contribution in [1.29, 1.82) is 0 Å². The van der Waals surface area contributed by atoms with Crippen LogP contribution in [0.15, 0.2) is 18.2 Å². The first kappa shape index (κ1) is 11.9. The van der Waals surface area contributed by atoms with Gasteiger partial charge in [-0.05, 0) is 50.8 Å². The zero-order valence-electron chi connectivity index (χ0n) is 9.70. The lowest BCUT2D eigenvalue weighted by molar-refractivity contribution is 0.0695. The molecule has 4 heteroatoms. The van der Waals surface area contributed by atoms with Gasteiger partial charge in [0, 0.05) is 0 Å². The maximum absolute atomic E-state index is 13.6. The van der Waals surface area contributed by atoms with Gasteiger partial charge in [-0.3, -0.25) is 0 Å². The van der Waals surface area contributed by atoms with E-state index >= 15 is 0 Å². The molecule has 1 fully saturated rings. The molecular weight excluding hydrogens is 223 g/mol. The zero-order valence-corrected chi connectivity index (χ0v) is 9.70. The van der Waals surface area contributed by atoms with Crippen LogP contribution in [-0.2, 0) is 0 Å². The highest BCUT2D eigenvalue weighted by atomic mass is 19.1. The van der Waals surface area contributed by atoms with Crippen LogP contribution in [0.3, 0.4) is 0 Å². The quantitative estimate of drug-likeness (QED) is 0.879. The van der Waals surface area contributed by atoms with E-state index in [0.29, 0.717) is 0 Å². The molecule has 1 aliphatic carbocycles. The van der Waals surface area contributed by atoms with Crippen molar-refractivity contribution < 1.29 is 19.0 Å². The van der Waals surface area contributed by atoms with Gasteiger partial charge in [-0.1, -0.05) is 0 Å². The van der Waals surface area contributed by atoms with E-state index in [9.17, 15) is 9.18 Å². The van der Waals surface area contributed by atoms with Crippen molar-refractivity contribution in [1.82, 2.24) is 0 Å². The van der Waals surface area contributed by atoms with Crippen molar-refractivity contribution in [2.45, 2.75) is 38.2 Å². The lowest BCUT2D eigenvalue weighted by Crippen LogP contribution is -2.28. The Bertz CT molecular complexity index is 436. The summed E-state index contributed by atoms with van der Waals surface area (Å²) in [6.07, 6.45) is 4.00. The number of aromatic carboxylic acids is 1. The number of ether oxygens (including phenoxy) is 1. The second-order valence-corrected chi connectivity index (χ2v) is 4.71. The highest BCUT2D eigenvalue weighted by Crippen LogP contribution is 2.34. The molecule has 17 heavy (non-hydrogen) atoms. The molecule has 0 aliphatic heterocycles. The summed E-state index contributed by atoms with van der Waals surface area (Å²) in [5, 5.41) is 8.73.